The number of hydrogen-bond donors (Lipinski definition) is 4. The van der Waals surface area contributed by atoms with Crippen LogP contribution in [-0.2, 0) is 16.3 Å². The first-order valence-electron chi connectivity index (χ1n) is 6.67. The van der Waals surface area contributed by atoms with E-state index >= 15 is 0 Å². The highest BCUT2D eigenvalue weighted by molar-refractivity contribution is 5.39. The molecule has 21 heavy (non-hydrogen) atoms. The van der Waals surface area contributed by atoms with E-state index in [1.165, 1.54) is 0 Å². The molecule has 0 aromatic heterocycles. The van der Waals surface area contributed by atoms with E-state index in [4.69, 9.17) is 4.74 Å². The molecule has 0 spiro atoms. The number of aliphatic hydroxyl groups is 4. The molecule has 0 heterocycles. The molecule has 0 amide bonds. The number of ether oxygens (including phenoxy) is 1. The molecular formula is C16H14O5. The topological polar surface area (TPSA) is 90.2 Å². The number of aliphatic hydroxyl groups excluding tert-OH is 2. The predicted octanol–water partition coefficient (Wildman–Crippen LogP) is 0.788. The molecule has 6 rings (SSSR count). The molecule has 0 radical (unpaired) electrons. The maximum absolute atomic E-state index is 10.7. The van der Waals surface area contributed by atoms with Gasteiger partial charge >= 0.3 is 0 Å². The normalized spacial score (nSPS) is 36.2. The molecule has 4 bridgehead atoms. The summed E-state index contributed by atoms with van der Waals surface area (Å²) in [5.41, 5.74) is 1.61. The van der Waals surface area contributed by atoms with Crippen molar-refractivity contribution in [2.75, 3.05) is 0 Å². The zero-order chi connectivity index (χ0) is 14.8. The van der Waals surface area contributed by atoms with Crippen LogP contribution in [0.1, 0.15) is 34.5 Å². The summed E-state index contributed by atoms with van der Waals surface area (Å²) < 4.78 is 5.49. The number of benzene rings is 2. The SMILES string of the molecule is O[C@H]1c2ccc(cc2)[C@]1(O)O[C@@]1(O)c2ccc(cc2)[C@@H]1O. The van der Waals surface area contributed by atoms with Gasteiger partial charge in [0.15, 0.2) is 0 Å². The summed E-state index contributed by atoms with van der Waals surface area (Å²) in [6.07, 6.45) is -2.64. The molecule has 2 aromatic rings. The first-order chi connectivity index (χ1) is 9.95. The molecule has 108 valence electrons. The first kappa shape index (κ1) is 12.9. The van der Waals surface area contributed by atoms with E-state index in [-0.39, 0.29) is 0 Å². The maximum atomic E-state index is 10.7. The summed E-state index contributed by atoms with van der Waals surface area (Å²) in [6.45, 7) is 0. The molecule has 0 saturated heterocycles. The first-order valence-corrected chi connectivity index (χ1v) is 6.67. The lowest BCUT2D eigenvalue weighted by Gasteiger charge is -2.46. The van der Waals surface area contributed by atoms with Crippen LogP contribution in [0.5, 0.6) is 0 Å². The fourth-order valence-corrected chi connectivity index (χ4v) is 3.04. The smallest absolute Gasteiger partial charge is 0.226 e. The van der Waals surface area contributed by atoms with Crippen LogP contribution in [0.15, 0.2) is 48.5 Å². The van der Waals surface area contributed by atoms with Crippen molar-refractivity contribution in [1.29, 1.82) is 0 Å². The summed E-state index contributed by atoms with van der Waals surface area (Å²) in [4.78, 5) is 0. The highest BCUT2D eigenvalue weighted by Crippen LogP contribution is 2.50. The van der Waals surface area contributed by atoms with E-state index in [0.29, 0.717) is 22.3 Å². The van der Waals surface area contributed by atoms with Crippen molar-refractivity contribution in [3.8, 4) is 0 Å². The minimum absolute atomic E-state index is 0.325. The van der Waals surface area contributed by atoms with Crippen molar-refractivity contribution in [3.05, 3.63) is 70.8 Å². The van der Waals surface area contributed by atoms with Gasteiger partial charge < -0.3 is 25.2 Å². The fourth-order valence-electron chi connectivity index (χ4n) is 3.04. The largest absolute Gasteiger partial charge is 0.382 e. The lowest BCUT2D eigenvalue weighted by molar-refractivity contribution is -0.402. The molecular weight excluding hydrogens is 272 g/mol. The van der Waals surface area contributed by atoms with Crippen LogP contribution in [0.25, 0.3) is 0 Å². The highest BCUT2D eigenvalue weighted by Gasteiger charge is 2.53. The number of rotatable bonds is 2. The Bertz CT molecular complexity index is 634. The third kappa shape index (κ3) is 1.52. The molecule has 4 aliphatic carbocycles. The van der Waals surface area contributed by atoms with E-state index < -0.39 is 23.8 Å². The Morgan fingerprint density at radius 1 is 0.667 bits per heavy atom. The van der Waals surface area contributed by atoms with E-state index in [0.717, 1.165) is 0 Å². The minimum Gasteiger partial charge on any atom is -0.382 e. The monoisotopic (exact) mass is 286 g/mol. The second-order valence-electron chi connectivity index (χ2n) is 5.54. The number of hydrogen-bond acceptors (Lipinski definition) is 5. The van der Waals surface area contributed by atoms with Crippen molar-refractivity contribution < 1.29 is 25.2 Å². The van der Waals surface area contributed by atoms with E-state index in [1.807, 2.05) is 0 Å². The fraction of sp³-hybridized carbons (Fsp3) is 0.250. The number of fused-ring (bicyclic) bond motifs is 6. The lowest BCUT2D eigenvalue weighted by Crippen LogP contribution is -2.50. The van der Waals surface area contributed by atoms with Crippen LogP contribution in [0.2, 0.25) is 0 Å². The Balaban J connectivity index is 1.78. The molecule has 4 aliphatic rings. The molecule has 0 saturated carbocycles. The maximum Gasteiger partial charge on any atom is 0.226 e. The Morgan fingerprint density at radius 2 is 1.00 bits per heavy atom. The van der Waals surface area contributed by atoms with Gasteiger partial charge in [-0.25, -0.2) is 0 Å². The third-order valence-corrected chi connectivity index (χ3v) is 4.33. The summed E-state index contributed by atoms with van der Waals surface area (Å²) in [5.74, 6) is -4.19. The molecule has 4 N–H and O–H groups in total. The standard InChI is InChI=1S/C16H14O5/c17-13-9-1-5-11(6-2-9)15(13,19)21-16(20)12-7-3-10(4-8-12)14(16)18/h1-8,13-14,17-20H/t13-,14-,15-,16-/m0/s1. The van der Waals surface area contributed by atoms with Crippen LogP contribution in [0, 0.1) is 0 Å². The molecule has 0 aliphatic heterocycles. The molecule has 2 aromatic carbocycles. The average molecular weight is 286 g/mol. The van der Waals surface area contributed by atoms with Crippen molar-refractivity contribution >= 4 is 0 Å². The third-order valence-electron chi connectivity index (χ3n) is 4.33. The van der Waals surface area contributed by atoms with Crippen molar-refractivity contribution in [2.45, 2.75) is 23.8 Å². The molecule has 0 unspecified atom stereocenters. The highest BCUT2D eigenvalue weighted by atomic mass is 16.7. The molecule has 5 nitrogen and oxygen atoms in total. The Kier molecular flexibility index (Phi) is 2.41. The van der Waals surface area contributed by atoms with Gasteiger partial charge in [-0.05, 0) is 11.1 Å². The minimum atomic E-state index is -2.10. The van der Waals surface area contributed by atoms with Crippen molar-refractivity contribution in [1.82, 2.24) is 0 Å². The van der Waals surface area contributed by atoms with Crippen LogP contribution < -0.4 is 0 Å². The molecule has 5 heteroatoms. The van der Waals surface area contributed by atoms with Gasteiger partial charge in [0.1, 0.15) is 12.2 Å². The van der Waals surface area contributed by atoms with Gasteiger partial charge in [0.2, 0.25) is 11.6 Å². The van der Waals surface area contributed by atoms with Gasteiger partial charge in [-0.3, -0.25) is 0 Å². The quantitative estimate of drug-likeness (QED) is 0.613. The van der Waals surface area contributed by atoms with Crippen LogP contribution in [-0.4, -0.2) is 20.4 Å². The Labute approximate surface area is 120 Å². The van der Waals surface area contributed by atoms with Gasteiger partial charge in [-0.2, -0.15) is 0 Å². The van der Waals surface area contributed by atoms with Crippen LogP contribution in [0.4, 0.5) is 0 Å². The van der Waals surface area contributed by atoms with E-state index in [2.05, 4.69) is 0 Å². The van der Waals surface area contributed by atoms with Gasteiger partial charge in [0.05, 0.1) is 0 Å². The molecule has 4 atom stereocenters. The summed E-state index contributed by atoms with van der Waals surface area (Å²) in [7, 11) is 0. The Hall–Kier alpha value is -1.76. The predicted molar refractivity (Wildman–Crippen MR) is 71.7 cm³/mol. The van der Waals surface area contributed by atoms with Crippen molar-refractivity contribution in [2.24, 2.45) is 0 Å². The summed E-state index contributed by atoms with van der Waals surface area (Å²) in [6, 6.07) is 13.1. The van der Waals surface area contributed by atoms with E-state index in [1.54, 1.807) is 48.5 Å². The van der Waals surface area contributed by atoms with E-state index in [9.17, 15) is 20.4 Å². The van der Waals surface area contributed by atoms with Gasteiger partial charge in [0.25, 0.3) is 0 Å². The summed E-state index contributed by atoms with van der Waals surface area (Å²) in [5, 5.41) is 41.9. The molecule has 0 fully saturated rings. The second-order valence-corrected chi connectivity index (χ2v) is 5.54. The van der Waals surface area contributed by atoms with Crippen molar-refractivity contribution in [3.63, 3.8) is 0 Å². The summed E-state index contributed by atoms with van der Waals surface area (Å²) >= 11 is 0. The second kappa shape index (κ2) is 3.91. The van der Waals surface area contributed by atoms with Gasteiger partial charge in [-0.1, -0.05) is 48.5 Å². The van der Waals surface area contributed by atoms with Gasteiger partial charge in [-0.15, -0.1) is 0 Å². The average Bonchev–Trinajstić information content (AvgIpc) is 2.51. The van der Waals surface area contributed by atoms with Crippen LogP contribution >= 0.6 is 0 Å². The van der Waals surface area contributed by atoms with Crippen LogP contribution in [0.3, 0.4) is 0 Å². The lowest BCUT2D eigenvalue weighted by atomic mass is 9.84. The zero-order valence-electron chi connectivity index (χ0n) is 11.0. The Morgan fingerprint density at radius 3 is 1.29 bits per heavy atom. The van der Waals surface area contributed by atoms with Gasteiger partial charge in [0, 0.05) is 11.1 Å². The zero-order valence-corrected chi connectivity index (χ0v) is 11.0.